The number of carbonyl (C=O) groups excluding carboxylic acids is 1. The van der Waals surface area contributed by atoms with Crippen LogP contribution in [0.15, 0.2) is 5.38 Å². The minimum absolute atomic E-state index is 0.126. The van der Waals surface area contributed by atoms with E-state index < -0.39 is 5.54 Å². The molecule has 0 spiro atoms. The number of amides is 1. The normalized spacial score (nSPS) is 11.5. The Bertz CT molecular complexity index is 354. The molecule has 0 aliphatic carbocycles. The van der Waals surface area contributed by atoms with Crippen molar-refractivity contribution in [3.63, 3.8) is 0 Å². The van der Waals surface area contributed by atoms with Crippen LogP contribution >= 0.6 is 11.3 Å². The van der Waals surface area contributed by atoms with E-state index in [0.717, 1.165) is 23.5 Å². The molecule has 1 aromatic rings. The predicted octanol–water partition coefficient (Wildman–Crippen LogP) is 1.10. The van der Waals surface area contributed by atoms with Gasteiger partial charge in [0.1, 0.15) is 0 Å². The summed E-state index contributed by atoms with van der Waals surface area (Å²) in [5.41, 5.74) is 5.89. The van der Waals surface area contributed by atoms with Crippen molar-refractivity contribution in [3.05, 3.63) is 16.1 Å². The van der Waals surface area contributed by atoms with Gasteiger partial charge >= 0.3 is 0 Å². The van der Waals surface area contributed by atoms with Gasteiger partial charge in [0.2, 0.25) is 5.91 Å². The Balaban J connectivity index is 2.33. The average molecular weight is 241 g/mol. The van der Waals surface area contributed by atoms with Crippen LogP contribution in [0.3, 0.4) is 0 Å². The summed E-state index contributed by atoms with van der Waals surface area (Å²) in [7, 11) is 0. The number of carbonyl (C=O) groups is 1. The molecule has 1 aromatic heterocycles. The summed E-state index contributed by atoms with van der Waals surface area (Å²) in [4.78, 5) is 15.9. The van der Waals surface area contributed by atoms with Crippen molar-refractivity contribution in [2.75, 3.05) is 6.54 Å². The van der Waals surface area contributed by atoms with E-state index in [2.05, 4.69) is 17.2 Å². The van der Waals surface area contributed by atoms with Crippen LogP contribution in [0.2, 0.25) is 0 Å². The summed E-state index contributed by atoms with van der Waals surface area (Å²) in [6, 6.07) is 0. The van der Waals surface area contributed by atoms with Gasteiger partial charge in [-0.1, -0.05) is 6.92 Å². The molecule has 1 amide bonds. The fraction of sp³-hybridized carbons (Fsp3) is 0.636. The lowest BCUT2D eigenvalue weighted by atomic mass is 10.1. The third-order valence-corrected chi connectivity index (χ3v) is 3.20. The number of aromatic nitrogens is 1. The molecule has 0 bridgehead atoms. The summed E-state index contributed by atoms with van der Waals surface area (Å²) in [5.74, 6) is -0.126. The minimum atomic E-state index is -0.809. The Hall–Kier alpha value is -0.940. The van der Waals surface area contributed by atoms with Gasteiger partial charge in [-0.15, -0.1) is 11.3 Å². The zero-order valence-corrected chi connectivity index (χ0v) is 10.9. The molecule has 5 heteroatoms. The molecule has 4 nitrogen and oxygen atoms in total. The molecule has 1 rings (SSSR count). The van der Waals surface area contributed by atoms with Gasteiger partial charge in [-0.25, -0.2) is 4.98 Å². The highest BCUT2D eigenvalue weighted by Gasteiger charge is 2.20. The van der Waals surface area contributed by atoms with Gasteiger partial charge in [-0.3, -0.25) is 4.79 Å². The number of thiazole rings is 1. The lowest BCUT2D eigenvalue weighted by Gasteiger charge is -2.17. The molecule has 0 aromatic carbocycles. The van der Waals surface area contributed by atoms with Crippen molar-refractivity contribution in [3.8, 4) is 0 Å². The second kappa shape index (κ2) is 5.41. The molecule has 90 valence electrons. The van der Waals surface area contributed by atoms with Gasteiger partial charge in [0, 0.05) is 18.3 Å². The quantitative estimate of drug-likeness (QED) is 0.811. The van der Waals surface area contributed by atoms with E-state index in [9.17, 15) is 4.79 Å². The highest BCUT2D eigenvalue weighted by molar-refractivity contribution is 7.09. The Morgan fingerprint density at radius 2 is 2.31 bits per heavy atom. The van der Waals surface area contributed by atoms with Crippen LogP contribution in [-0.2, 0) is 17.6 Å². The molecular formula is C11H19N3OS. The molecule has 0 saturated heterocycles. The topological polar surface area (TPSA) is 68.0 Å². The maximum absolute atomic E-state index is 11.5. The Morgan fingerprint density at radius 3 is 2.81 bits per heavy atom. The lowest BCUT2D eigenvalue weighted by Crippen LogP contribution is -2.49. The summed E-state index contributed by atoms with van der Waals surface area (Å²) in [6.45, 7) is 6.06. The average Bonchev–Trinajstić information content (AvgIpc) is 2.64. The van der Waals surface area contributed by atoms with Crippen molar-refractivity contribution >= 4 is 17.2 Å². The number of nitrogens with one attached hydrogen (secondary N) is 1. The zero-order chi connectivity index (χ0) is 12.2. The number of hydrogen-bond acceptors (Lipinski definition) is 4. The molecule has 0 aliphatic heterocycles. The molecule has 0 unspecified atom stereocenters. The van der Waals surface area contributed by atoms with Crippen LogP contribution < -0.4 is 11.1 Å². The largest absolute Gasteiger partial charge is 0.354 e. The van der Waals surface area contributed by atoms with Crippen molar-refractivity contribution in [1.29, 1.82) is 0 Å². The molecule has 0 aliphatic rings. The lowest BCUT2D eigenvalue weighted by molar-refractivity contribution is -0.125. The van der Waals surface area contributed by atoms with Crippen LogP contribution in [-0.4, -0.2) is 23.0 Å². The van der Waals surface area contributed by atoms with Gasteiger partial charge in [0.05, 0.1) is 16.2 Å². The first-order valence-corrected chi connectivity index (χ1v) is 6.32. The Morgan fingerprint density at radius 1 is 1.62 bits per heavy atom. The third-order valence-electron chi connectivity index (χ3n) is 2.15. The van der Waals surface area contributed by atoms with Gasteiger partial charge in [0.15, 0.2) is 0 Å². The van der Waals surface area contributed by atoms with Crippen molar-refractivity contribution in [1.82, 2.24) is 10.3 Å². The van der Waals surface area contributed by atoms with E-state index in [-0.39, 0.29) is 5.91 Å². The molecule has 3 N–H and O–H groups in total. The minimum Gasteiger partial charge on any atom is -0.354 e. The van der Waals surface area contributed by atoms with E-state index in [0.29, 0.717) is 6.54 Å². The van der Waals surface area contributed by atoms with Crippen LogP contribution in [0.25, 0.3) is 0 Å². The maximum Gasteiger partial charge on any atom is 0.239 e. The fourth-order valence-electron chi connectivity index (χ4n) is 1.16. The standard InChI is InChI=1S/C11H19N3OS/c1-4-9-14-8(7-16-9)5-6-13-10(15)11(2,3)12/h7H,4-6,12H2,1-3H3,(H,13,15). The van der Waals surface area contributed by atoms with Gasteiger partial charge in [-0.2, -0.15) is 0 Å². The van der Waals surface area contributed by atoms with E-state index in [1.807, 2.05) is 5.38 Å². The Kier molecular flexibility index (Phi) is 4.44. The van der Waals surface area contributed by atoms with E-state index in [1.165, 1.54) is 0 Å². The van der Waals surface area contributed by atoms with E-state index in [1.54, 1.807) is 25.2 Å². The van der Waals surface area contributed by atoms with Crippen LogP contribution in [0.4, 0.5) is 0 Å². The van der Waals surface area contributed by atoms with Crippen molar-refractivity contribution < 1.29 is 4.79 Å². The summed E-state index contributed by atoms with van der Waals surface area (Å²) >= 11 is 1.67. The second-order valence-corrected chi connectivity index (χ2v) is 5.26. The van der Waals surface area contributed by atoms with E-state index >= 15 is 0 Å². The van der Waals surface area contributed by atoms with Crippen molar-refractivity contribution in [2.45, 2.75) is 39.2 Å². The summed E-state index contributed by atoms with van der Waals surface area (Å²) in [5, 5.41) is 5.98. The molecular weight excluding hydrogens is 222 g/mol. The first-order valence-electron chi connectivity index (χ1n) is 5.44. The predicted molar refractivity (Wildman–Crippen MR) is 66.5 cm³/mol. The number of hydrogen-bond donors (Lipinski definition) is 2. The smallest absolute Gasteiger partial charge is 0.239 e. The summed E-state index contributed by atoms with van der Waals surface area (Å²) in [6.07, 6.45) is 1.73. The molecule has 0 radical (unpaired) electrons. The second-order valence-electron chi connectivity index (χ2n) is 4.31. The molecule has 0 atom stereocenters. The SMILES string of the molecule is CCc1nc(CCNC(=O)C(C)(C)N)cs1. The van der Waals surface area contributed by atoms with Gasteiger partial charge in [-0.05, 0) is 20.3 Å². The van der Waals surface area contributed by atoms with E-state index in [4.69, 9.17) is 5.73 Å². The monoisotopic (exact) mass is 241 g/mol. The maximum atomic E-state index is 11.5. The molecule has 0 fully saturated rings. The number of nitrogens with zero attached hydrogens (tertiary/aromatic N) is 1. The van der Waals surface area contributed by atoms with Crippen LogP contribution in [0, 0.1) is 0 Å². The van der Waals surface area contributed by atoms with Gasteiger partial charge in [0.25, 0.3) is 0 Å². The highest BCUT2D eigenvalue weighted by Crippen LogP contribution is 2.10. The van der Waals surface area contributed by atoms with Crippen molar-refractivity contribution in [2.24, 2.45) is 5.73 Å². The zero-order valence-electron chi connectivity index (χ0n) is 10.0. The molecule has 0 saturated carbocycles. The fourth-order valence-corrected chi connectivity index (χ4v) is 1.94. The summed E-state index contributed by atoms with van der Waals surface area (Å²) < 4.78 is 0. The first kappa shape index (κ1) is 13.1. The van der Waals surface area contributed by atoms with Crippen LogP contribution in [0.1, 0.15) is 31.5 Å². The number of rotatable bonds is 5. The first-order chi connectivity index (χ1) is 7.43. The highest BCUT2D eigenvalue weighted by atomic mass is 32.1. The number of aryl methyl sites for hydroxylation is 1. The third kappa shape index (κ3) is 3.90. The molecule has 1 heterocycles. The number of nitrogens with two attached hydrogens (primary N) is 1. The Labute approximate surface area is 100 Å². The van der Waals surface area contributed by atoms with Gasteiger partial charge < -0.3 is 11.1 Å². The molecule has 16 heavy (non-hydrogen) atoms. The van der Waals surface area contributed by atoms with Crippen LogP contribution in [0.5, 0.6) is 0 Å².